The molecular formula is C10H9ClN4O2S. The summed E-state index contributed by atoms with van der Waals surface area (Å²) in [5.74, 6) is 0.0549. The molecule has 1 aromatic carbocycles. The Morgan fingerprint density at radius 2 is 1.83 bits per heavy atom. The van der Waals surface area contributed by atoms with E-state index in [2.05, 4.69) is 14.7 Å². The first-order valence-corrected chi connectivity index (χ1v) is 6.69. The summed E-state index contributed by atoms with van der Waals surface area (Å²) in [5.41, 5.74) is 5.97. The molecule has 0 aliphatic carbocycles. The van der Waals surface area contributed by atoms with E-state index < -0.39 is 10.0 Å². The number of hydrogen-bond donors (Lipinski definition) is 2. The number of nitrogens with one attached hydrogen (secondary N) is 1. The van der Waals surface area contributed by atoms with Crippen LogP contribution in [-0.2, 0) is 10.0 Å². The monoisotopic (exact) mass is 290 g/mol. The molecule has 0 atom stereocenters. The highest BCUT2D eigenvalue weighted by atomic mass is 35.5. The Kier molecular flexibility index (Phi) is 3.35. The number of anilines is 2. The second-order valence-electron chi connectivity index (χ2n) is 3.40. The van der Waals surface area contributed by atoms with Gasteiger partial charge in [-0.15, -0.1) is 0 Å². The van der Waals surface area contributed by atoms with Crippen molar-refractivity contribution in [2.45, 2.75) is 4.90 Å². The first-order valence-electron chi connectivity index (χ1n) is 4.83. The summed E-state index contributed by atoms with van der Waals surface area (Å²) < 4.78 is 26.2. The van der Waals surface area contributed by atoms with Crippen LogP contribution >= 0.6 is 11.6 Å². The Hall–Kier alpha value is -1.86. The van der Waals surface area contributed by atoms with E-state index in [0.717, 1.165) is 0 Å². The van der Waals surface area contributed by atoms with Crippen molar-refractivity contribution in [2.24, 2.45) is 0 Å². The van der Waals surface area contributed by atoms with Crippen LogP contribution in [0.15, 0.2) is 41.6 Å². The van der Waals surface area contributed by atoms with Crippen molar-refractivity contribution in [3.05, 3.63) is 41.8 Å². The lowest BCUT2D eigenvalue weighted by atomic mass is 10.7. The zero-order chi connectivity index (χ0) is 13.2. The van der Waals surface area contributed by atoms with E-state index in [-0.39, 0.29) is 15.9 Å². The summed E-state index contributed by atoms with van der Waals surface area (Å²) in [6, 6.07) is 5.79. The maximum atomic E-state index is 12.0. The predicted molar refractivity (Wildman–Crippen MR) is 68.7 cm³/mol. The smallest absolute Gasteiger partial charge is 0.263 e. The van der Waals surface area contributed by atoms with Crippen LogP contribution in [0.4, 0.5) is 11.5 Å². The van der Waals surface area contributed by atoms with Crippen LogP contribution in [0.25, 0.3) is 0 Å². The number of hydrogen-bond acceptors (Lipinski definition) is 5. The number of nitrogens with two attached hydrogens (primary N) is 1. The van der Waals surface area contributed by atoms with Crippen LogP contribution in [0.5, 0.6) is 0 Å². The van der Waals surface area contributed by atoms with Gasteiger partial charge in [0.1, 0.15) is 5.15 Å². The second-order valence-corrected chi connectivity index (χ2v) is 5.47. The van der Waals surface area contributed by atoms with Crippen LogP contribution in [0.3, 0.4) is 0 Å². The molecule has 18 heavy (non-hydrogen) atoms. The van der Waals surface area contributed by atoms with Gasteiger partial charge >= 0.3 is 0 Å². The second kappa shape index (κ2) is 4.79. The molecule has 0 saturated heterocycles. The molecule has 0 fully saturated rings. The van der Waals surface area contributed by atoms with Crippen LogP contribution in [0, 0.1) is 0 Å². The molecular weight excluding hydrogens is 282 g/mol. The molecule has 6 nitrogen and oxygen atoms in total. The molecule has 3 N–H and O–H groups in total. The molecule has 0 aliphatic heterocycles. The molecule has 0 saturated carbocycles. The van der Waals surface area contributed by atoms with Gasteiger partial charge in [-0.25, -0.2) is 13.4 Å². The van der Waals surface area contributed by atoms with Crippen LogP contribution < -0.4 is 10.5 Å². The Balaban J connectivity index is 2.30. The highest BCUT2D eigenvalue weighted by Crippen LogP contribution is 2.16. The number of rotatable bonds is 3. The van der Waals surface area contributed by atoms with Gasteiger partial charge in [0.05, 0.1) is 17.3 Å². The molecule has 0 bridgehead atoms. The van der Waals surface area contributed by atoms with Crippen molar-refractivity contribution >= 4 is 33.1 Å². The van der Waals surface area contributed by atoms with Crippen LogP contribution in [0.2, 0.25) is 5.15 Å². The lowest BCUT2D eigenvalue weighted by Crippen LogP contribution is -2.14. The van der Waals surface area contributed by atoms with Crippen molar-refractivity contribution in [3.63, 3.8) is 0 Å². The topological polar surface area (TPSA) is 98.0 Å². The van der Waals surface area contributed by atoms with E-state index >= 15 is 0 Å². The minimum atomic E-state index is -3.71. The zero-order valence-electron chi connectivity index (χ0n) is 9.04. The average Bonchev–Trinajstić information content (AvgIpc) is 2.29. The van der Waals surface area contributed by atoms with E-state index in [1.165, 1.54) is 36.7 Å². The number of aromatic nitrogens is 2. The Morgan fingerprint density at radius 1 is 1.17 bits per heavy atom. The van der Waals surface area contributed by atoms with Gasteiger partial charge in [-0.1, -0.05) is 11.6 Å². The van der Waals surface area contributed by atoms with Crippen molar-refractivity contribution < 1.29 is 8.42 Å². The number of halogens is 1. The van der Waals surface area contributed by atoms with Gasteiger partial charge in [-0.3, -0.25) is 9.71 Å². The fourth-order valence-corrected chi connectivity index (χ4v) is 2.37. The summed E-state index contributed by atoms with van der Waals surface area (Å²) in [6.07, 6.45) is 2.57. The highest BCUT2D eigenvalue weighted by Gasteiger charge is 2.14. The third-order valence-electron chi connectivity index (χ3n) is 2.03. The molecule has 8 heteroatoms. The van der Waals surface area contributed by atoms with E-state index in [1.807, 2.05) is 0 Å². The SMILES string of the molecule is N[13c]1[13cH][13cH][13c](S(=O)(=O)Nc2cncc(Cl)n2)[13cH][13cH]1. The highest BCUT2D eigenvalue weighted by molar-refractivity contribution is 7.92. The molecule has 1 heterocycles. The van der Waals surface area contributed by atoms with E-state index in [9.17, 15) is 8.42 Å². The summed E-state index contributed by atoms with van der Waals surface area (Å²) in [6.45, 7) is 0. The minimum Gasteiger partial charge on any atom is -0.399 e. The van der Waals surface area contributed by atoms with Gasteiger partial charge in [0.25, 0.3) is 10.0 Å². The fourth-order valence-electron chi connectivity index (χ4n) is 1.23. The van der Waals surface area contributed by atoms with Gasteiger partial charge in [-0.2, -0.15) is 0 Å². The van der Waals surface area contributed by atoms with Crippen molar-refractivity contribution in [3.8, 4) is 0 Å². The molecule has 0 radical (unpaired) electrons. The van der Waals surface area contributed by atoms with Crippen LogP contribution in [-0.4, -0.2) is 18.4 Å². The van der Waals surface area contributed by atoms with Gasteiger partial charge < -0.3 is 5.73 Å². The van der Waals surface area contributed by atoms with E-state index in [1.54, 1.807) is 0 Å². The molecule has 0 unspecified atom stereocenters. The molecule has 1 aromatic heterocycles. The fraction of sp³-hybridized carbons (Fsp3) is 0. The van der Waals surface area contributed by atoms with Gasteiger partial charge in [-0.05, 0) is 24.3 Å². The molecule has 2 rings (SSSR count). The summed E-state index contributed by atoms with van der Waals surface area (Å²) in [7, 11) is -3.71. The van der Waals surface area contributed by atoms with Crippen molar-refractivity contribution in [2.75, 3.05) is 10.5 Å². The number of sulfonamides is 1. The van der Waals surface area contributed by atoms with Crippen molar-refractivity contribution in [1.82, 2.24) is 9.97 Å². The quantitative estimate of drug-likeness (QED) is 0.835. The van der Waals surface area contributed by atoms with E-state index in [0.29, 0.717) is 5.69 Å². The predicted octanol–water partition coefficient (Wildman–Crippen LogP) is 1.51. The molecule has 0 aliphatic rings. The first-order chi connectivity index (χ1) is 8.47. The normalized spacial score (nSPS) is 11.2. The summed E-state index contributed by atoms with van der Waals surface area (Å²) in [4.78, 5) is 7.61. The third kappa shape index (κ3) is 2.88. The number of nitrogen functional groups attached to an aromatic ring is 1. The summed E-state index contributed by atoms with van der Waals surface area (Å²) >= 11 is 5.62. The molecule has 94 valence electrons. The van der Waals surface area contributed by atoms with Gasteiger partial charge in [0.15, 0.2) is 5.82 Å². The molecule has 0 amide bonds. The maximum Gasteiger partial charge on any atom is 0.263 e. The first kappa shape index (κ1) is 12.6. The molecule has 2 aromatic rings. The largest absolute Gasteiger partial charge is 0.399 e. The van der Waals surface area contributed by atoms with Gasteiger partial charge in [0.2, 0.25) is 0 Å². The lowest BCUT2D eigenvalue weighted by molar-refractivity contribution is 0.601. The standard InChI is InChI=1S/C10H9ClN4O2S/c11-9-5-13-6-10(14-9)15-18(16,17)8-3-1-7(12)2-4-8/h1-6H,12H2,(H,14,15)/i1+1,2+1,3+1,4+1,7+1,8+1. The maximum absolute atomic E-state index is 12.0. The van der Waals surface area contributed by atoms with Crippen LogP contribution in [0.1, 0.15) is 0 Å². The van der Waals surface area contributed by atoms with Gasteiger partial charge in [0, 0.05) is 5.69 Å². The molecule has 0 spiro atoms. The zero-order valence-corrected chi connectivity index (χ0v) is 10.6. The summed E-state index contributed by atoms with van der Waals surface area (Å²) in [5, 5.41) is 0.104. The van der Waals surface area contributed by atoms with E-state index in [4.69, 9.17) is 17.3 Å². The number of nitrogens with zero attached hydrogens (tertiary/aromatic N) is 2. The number of benzene rings is 1. The Morgan fingerprint density at radius 3 is 2.44 bits per heavy atom. The minimum absolute atomic E-state index is 0.0549. The Bertz CT molecular complexity index is 658. The third-order valence-corrected chi connectivity index (χ3v) is 3.59. The lowest BCUT2D eigenvalue weighted by Gasteiger charge is -2.07. The Labute approximate surface area is 109 Å². The van der Waals surface area contributed by atoms with Crippen molar-refractivity contribution in [1.29, 1.82) is 0 Å². The average molecular weight is 291 g/mol.